The standard InChI is InChI=1S/C15H26O3/c1-3-4-5-6-7-8-9-10-11-14(16)12-13(2)15(17)18/h13-14,16H,3-9,12H2,1-2H3,(H,17,18)/t13-,14?/m1/s1. The van der Waals surface area contributed by atoms with Crippen LogP contribution in [0, 0.1) is 17.8 Å². The largest absolute Gasteiger partial charge is 0.481 e. The van der Waals surface area contributed by atoms with Crippen molar-refractivity contribution in [3.05, 3.63) is 0 Å². The van der Waals surface area contributed by atoms with E-state index >= 15 is 0 Å². The maximum absolute atomic E-state index is 10.6. The third-order valence-corrected chi connectivity index (χ3v) is 2.92. The Morgan fingerprint density at radius 1 is 1.17 bits per heavy atom. The molecular formula is C15H26O3. The van der Waals surface area contributed by atoms with Gasteiger partial charge in [-0.1, -0.05) is 51.9 Å². The molecule has 0 saturated heterocycles. The van der Waals surface area contributed by atoms with Crippen LogP contribution in [0.25, 0.3) is 0 Å². The summed E-state index contributed by atoms with van der Waals surface area (Å²) in [6.45, 7) is 3.78. The Labute approximate surface area is 111 Å². The molecule has 1 unspecified atom stereocenters. The Bertz CT molecular complexity index is 275. The van der Waals surface area contributed by atoms with E-state index in [4.69, 9.17) is 5.11 Å². The van der Waals surface area contributed by atoms with Crippen LogP contribution < -0.4 is 0 Å². The van der Waals surface area contributed by atoms with E-state index in [0.29, 0.717) is 0 Å². The first-order valence-corrected chi connectivity index (χ1v) is 6.97. The van der Waals surface area contributed by atoms with E-state index in [1.165, 1.54) is 32.1 Å². The minimum atomic E-state index is -0.883. The Hall–Kier alpha value is -1.01. The van der Waals surface area contributed by atoms with Crippen LogP contribution in [0.2, 0.25) is 0 Å². The number of hydrogen-bond acceptors (Lipinski definition) is 2. The van der Waals surface area contributed by atoms with Gasteiger partial charge in [-0.3, -0.25) is 4.79 Å². The average molecular weight is 254 g/mol. The van der Waals surface area contributed by atoms with E-state index in [0.717, 1.165) is 12.8 Å². The quantitative estimate of drug-likeness (QED) is 0.490. The molecule has 2 N–H and O–H groups in total. The topological polar surface area (TPSA) is 57.5 Å². The molecule has 0 spiro atoms. The number of hydrogen-bond donors (Lipinski definition) is 2. The summed E-state index contributed by atoms with van der Waals surface area (Å²) in [7, 11) is 0. The maximum atomic E-state index is 10.6. The molecular weight excluding hydrogens is 228 g/mol. The van der Waals surface area contributed by atoms with Crippen molar-refractivity contribution in [3.63, 3.8) is 0 Å². The van der Waals surface area contributed by atoms with Gasteiger partial charge in [-0.25, -0.2) is 0 Å². The summed E-state index contributed by atoms with van der Waals surface area (Å²) in [6.07, 6.45) is 7.57. The fourth-order valence-corrected chi connectivity index (χ4v) is 1.68. The van der Waals surface area contributed by atoms with Crippen LogP contribution in [0.3, 0.4) is 0 Å². The van der Waals surface area contributed by atoms with Gasteiger partial charge in [-0.15, -0.1) is 5.92 Å². The molecule has 0 aliphatic rings. The fraction of sp³-hybridized carbons (Fsp3) is 0.800. The molecule has 0 aromatic carbocycles. The molecule has 0 saturated carbocycles. The zero-order valence-corrected chi connectivity index (χ0v) is 11.6. The Balaban J connectivity index is 3.55. The lowest BCUT2D eigenvalue weighted by Gasteiger charge is -2.06. The van der Waals surface area contributed by atoms with Gasteiger partial charge in [0.1, 0.15) is 6.10 Å². The van der Waals surface area contributed by atoms with Crippen molar-refractivity contribution in [1.29, 1.82) is 0 Å². The van der Waals surface area contributed by atoms with Crippen molar-refractivity contribution >= 4 is 5.97 Å². The number of aliphatic hydroxyl groups excluding tert-OH is 1. The molecule has 0 radical (unpaired) electrons. The number of carbonyl (C=O) groups is 1. The van der Waals surface area contributed by atoms with Gasteiger partial charge < -0.3 is 10.2 Å². The predicted octanol–water partition coefficient (Wildman–Crippen LogP) is 3.21. The van der Waals surface area contributed by atoms with Gasteiger partial charge in [0.05, 0.1) is 5.92 Å². The molecule has 0 aliphatic heterocycles. The highest BCUT2D eigenvalue weighted by Crippen LogP contribution is 2.07. The molecule has 3 nitrogen and oxygen atoms in total. The van der Waals surface area contributed by atoms with Crippen LogP contribution >= 0.6 is 0 Å². The summed E-state index contributed by atoms with van der Waals surface area (Å²) in [5.41, 5.74) is 0. The highest BCUT2D eigenvalue weighted by molar-refractivity contribution is 5.69. The molecule has 2 atom stereocenters. The molecule has 0 aromatic heterocycles. The summed E-state index contributed by atoms with van der Waals surface area (Å²) in [5, 5.41) is 18.2. The highest BCUT2D eigenvalue weighted by atomic mass is 16.4. The summed E-state index contributed by atoms with van der Waals surface area (Å²) in [4.78, 5) is 10.6. The molecule has 104 valence electrons. The zero-order valence-electron chi connectivity index (χ0n) is 11.6. The maximum Gasteiger partial charge on any atom is 0.306 e. The molecule has 0 aromatic rings. The van der Waals surface area contributed by atoms with Crippen LogP contribution in [0.4, 0.5) is 0 Å². The van der Waals surface area contributed by atoms with Crippen LogP contribution in [-0.4, -0.2) is 22.3 Å². The van der Waals surface area contributed by atoms with E-state index in [2.05, 4.69) is 18.8 Å². The van der Waals surface area contributed by atoms with Crippen molar-refractivity contribution in [3.8, 4) is 11.8 Å². The third kappa shape index (κ3) is 10.2. The van der Waals surface area contributed by atoms with Crippen LogP contribution in [0.15, 0.2) is 0 Å². The van der Waals surface area contributed by atoms with Crippen molar-refractivity contribution in [1.82, 2.24) is 0 Å². The van der Waals surface area contributed by atoms with Crippen molar-refractivity contribution in [2.24, 2.45) is 5.92 Å². The Kier molecular flexibility index (Phi) is 10.5. The van der Waals surface area contributed by atoms with Crippen molar-refractivity contribution in [2.75, 3.05) is 0 Å². The Morgan fingerprint density at radius 2 is 1.78 bits per heavy atom. The molecule has 0 bridgehead atoms. The lowest BCUT2D eigenvalue weighted by molar-refractivity contribution is -0.141. The lowest BCUT2D eigenvalue weighted by atomic mass is 10.0. The molecule has 3 heteroatoms. The van der Waals surface area contributed by atoms with E-state index in [-0.39, 0.29) is 6.42 Å². The first-order chi connectivity index (χ1) is 8.57. The van der Waals surface area contributed by atoms with Gasteiger partial charge in [0.2, 0.25) is 0 Å². The SMILES string of the molecule is CCCCCCCCC#CC(O)C[C@@H](C)C(=O)O. The van der Waals surface area contributed by atoms with Gasteiger partial charge in [0, 0.05) is 6.42 Å². The van der Waals surface area contributed by atoms with E-state index in [1.54, 1.807) is 6.92 Å². The van der Waals surface area contributed by atoms with Gasteiger partial charge >= 0.3 is 5.97 Å². The molecule has 0 fully saturated rings. The minimum Gasteiger partial charge on any atom is -0.481 e. The first-order valence-electron chi connectivity index (χ1n) is 6.97. The van der Waals surface area contributed by atoms with Crippen molar-refractivity contribution < 1.29 is 15.0 Å². The molecule has 18 heavy (non-hydrogen) atoms. The monoisotopic (exact) mass is 254 g/mol. The predicted molar refractivity (Wildman–Crippen MR) is 73.2 cm³/mol. The number of carboxylic acids is 1. The summed E-state index contributed by atoms with van der Waals surface area (Å²) >= 11 is 0. The van der Waals surface area contributed by atoms with Crippen LogP contribution in [-0.2, 0) is 4.79 Å². The van der Waals surface area contributed by atoms with Crippen LogP contribution in [0.1, 0.15) is 65.2 Å². The molecule has 0 amide bonds. The highest BCUT2D eigenvalue weighted by Gasteiger charge is 2.14. The van der Waals surface area contributed by atoms with Gasteiger partial charge in [-0.2, -0.15) is 0 Å². The average Bonchev–Trinajstić information content (AvgIpc) is 2.32. The number of unbranched alkanes of at least 4 members (excludes halogenated alkanes) is 6. The van der Waals surface area contributed by atoms with E-state index < -0.39 is 18.0 Å². The summed E-state index contributed by atoms with van der Waals surface area (Å²) in [5.74, 6) is 4.22. The number of aliphatic carboxylic acids is 1. The van der Waals surface area contributed by atoms with E-state index in [1.807, 2.05) is 0 Å². The van der Waals surface area contributed by atoms with Crippen molar-refractivity contribution in [2.45, 2.75) is 71.3 Å². The van der Waals surface area contributed by atoms with E-state index in [9.17, 15) is 9.90 Å². The molecule has 0 rings (SSSR count). The fourth-order valence-electron chi connectivity index (χ4n) is 1.68. The second-order valence-corrected chi connectivity index (χ2v) is 4.83. The first kappa shape index (κ1) is 17.0. The smallest absolute Gasteiger partial charge is 0.306 e. The molecule has 0 heterocycles. The zero-order chi connectivity index (χ0) is 13.8. The Morgan fingerprint density at radius 3 is 2.39 bits per heavy atom. The lowest BCUT2D eigenvalue weighted by Crippen LogP contribution is -2.16. The minimum absolute atomic E-state index is 0.207. The second-order valence-electron chi connectivity index (χ2n) is 4.83. The number of aliphatic hydroxyl groups is 1. The normalized spacial score (nSPS) is 13.5. The van der Waals surface area contributed by atoms with Gasteiger partial charge in [0.25, 0.3) is 0 Å². The molecule has 0 aliphatic carbocycles. The summed E-state index contributed by atoms with van der Waals surface area (Å²) in [6, 6.07) is 0. The third-order valence-electron chi connectivity index (χ3n) is 2.92. The second kappa shape index (κ2) is 11.1. The van der Waals surface area contributed by atoms with Crippen LogP contribution in [0.5, 0.6) is 0 Å². The number of rotatable bonds is 9. The van der Waals surface area contributed by atoms with Gasteiger partial charge in [0.15, 0.2) is 0 Å². The number of carboxylic acid groups (broad SMARTS) is 1. The summed E-state index contributed by atoms with van der Waals surface area (Å²) < 4.78 is 0. The van der Waals surface area contributed by atoms with Gasteiger partial charge in [-0.05, 0) is 12.8 Å².